The number of carbonyl (C=O) groups is 2. The summed E-state index contributed by atoms with van der Waals surface area (Å²) in [4.78, 5) is 31.8. The first-order chi connectivity index (χ1) is 17.5. The van der Waals surface area contributed by atoms with Gasteiger partial charge in [0.15, 0.2) is 0 Å². The number of rotatable bonds is 9. The van der Waals surface area contributed by atoms with Crippen molar-refractivity contribution in [1.29, 1.82) is 0 Å². The second kappa shape index (κ2) is 14.9. The zero-order valence-electron chi connectivity index (χ0n) is 22.5. The number of likely N-dealkylation sites (tertiary alicyclic amines) is 1. The van der Waals surface area contributed by atoms with Crippen molar-refractivity contribution in [2.75, 3.05) is 64.4 Å². The number of amides is 3. The zero-order chi connectivity index (χ0) is 25.3. The predicted molar refractivity (Wildman–Crippen MR) is 148 cm³/mol. The monoisotopic (exact) mass is 536 g/mol. The molecule has 9 heteroatoms. The van der Waals surface area contributed by atoms with Gasteiger partial charge in [0.2, 0.25) is 0 Å². The molecule has 3 heterocycles. The normalized spacial score (nSPS) is 21.5. The predicted octanol–water partition coefficient (Wildman–Crippen LogP) is 4.03. The summed E-state index contributed by atoms with van der Waals surface area (Å²) in [5, 5.41) is 3.03. The molecule has 1 aromatic rings. The molecule has 0 spiro atoms. The summed E-state index contributed by atoms with van der Waals surface area (Å²) in [7, 11) is 0. The Balaban J connectivity index is 0.00000380. The van der Waals surface area contributed by atoms with Gasteiger partial charge in [0.05, 0.1) is 13.2 Å². The van der Waals surface area contributed by atoms with Gasteiger partial charge in [-0.3, -0.25) is 4.79 Å². The smallest absolute Gasteiger partial charge is 0.320 e. The number of hydrogen-bond donors (Lipinski definition) is 1. The van der Waals surface area contributed by atoms with Gasteiger partial charge in [-0.1, -0.05) is 19.1 Å². The Morgan fingerprint density at radius 3 is 2.49 bits per heavy atom. The molecule has 3 aliphatic heterocycles. The molecule has 1 aromatic carbocycles. The van der Waals surface area contributed by atoms with Crippen LogP contribution >= 0.6 is 12.4 Å². The van der Waals surface area contributed by atoms with E-state index < -0.39 is 0 Å². The van der Waals surface area contributed by atoms with E-state index in [1.165, 1.54) is 5.56 Å². The maximum absolute atomic E-state index is 12.8. The van der Waals surface area contributed by atoms with Crippen LogP contribution in [0.15, 0.2) is 24.3 Å². The van der Waals surface area contributed by atoms with Crippen LogP contribution in [0.3, 0.4) is 0 Å². The Kier molecular flexibility index (Phi) is 12.0. The maximum Gasteiger partial charge on any atom is 0.320 e. The molecule has 208 valence electrons. The van der Waals surface area contributed by atoms with Gasteiger partial charge in [-0.15, -0.1) is 12.4 Å². The van der Waals surface area contributed by atoms with Gasteiger partial charge in [0.1, 0.15) is 6.10 Å². The van der Waals surface area contributed by atoms with E-state index in [2.05, 4.69) is 36.2 Å². The summed E-state index contributed by atoms with van der Waals surface area (Å²) in [6, 6.07) is 8.82. The summed E-state index contributed by atoms with van der Waals surface area (Å²) in [6.45, 7) is 11.8. The van der Waals surface area contributed by atoms with Gasteiger partial charge < -0.3 is 29.5 Å². The molecule has 0 aromatic heterocycles. The molecule has 3 aliphatic rings. The molecule has 1 N–H and O–H groups in total. The van der Waals surface area contributed by atoms with E-state index in [-0.39, 0.29) is 30.4 Å². The van der Waals surface area contributed by atoms with Crippen LogP contribution in [0.25, 0.3) is 0 Å². The summed E-state index contributed by atoms with van der Waals surface area (Å²) < 4.78 is 10.9. The molecule has 2 unspecified atom stereocenters. The van der Waals surface area contributed by atoms with E-state index in [4.69, 9.17) is 9.47 Å². The van der Waals surface area contributed by atoms with Crippen LogP contribution in [-0.4, -0.2) is 97.9 Å². The summed E-state index contributed by atoms with van der Waals surface area (Å²) in [5.41, 5.74) is 2.08. The van der Waals surface area contributed by atoms with Crippen molar-refractivity contribution in [2.24, 2.45) is 5.92 Å². The number of piperidine rings is 1. The van der Waals surface area contributed by atoms with Gasteiger partial charge in [0.25, 0.3) is 5.91 Å². The number of carbonyl (C=O) groups excluding carboxylic acids is 2. The van der Waals surface area contributed by atoms with Crippen LogP contribution in [0.2, 0.25) is 0 Å². The van der Waals surface area contributed by atoms with Crippen molar-refractivity contribution < 1.29 is 19.1 Å². The highest BCUT2D eigenvalue weighted by Crippen LogP contribution is 2.23. The highest BCUT2D eigenvalue weighted by Gasteiger charge is 2.29. The fourth-order valence-corrected chi connectivity index (χ4v) is 5.63. The molecular formula is C28H45ClN4O4. The topological polar surface area (TPSA) is 74.4 Å². The summed E-state index contributed by atoms with van der Waals surface area (Å²) >= 11 is 0. The van der Waals surface area contributed by atoms with Gasteiger partial charge in [-0.2, -0.15) is 0 Å². The maximum atomic E-state index is 12.8. The number of urea groups is 1. The Labute approximate surface area is 228 Å². The molecule has 3 amide bonds. The molecule has 3 fully saturated rings. The second-order valence-electron chi connectivity index (χ2n) is 10.6. The quantitative estimate of drug-likeness (QED) is 0.516. The Morgan fingerprint density at radius 1 is 1.08 bits per heavy atom. The van der Waals surface area contributed by atoms with Crippen molar-refractivity contribution in [1.82, 2.24) is 14.7 Å². The van der Waals surface area contributed by atoms with E-state index in [0.717, 1.165) is 70.4 Å². The van der Waals surface area contributed by atoms with E-state index in [0.29, 0.717) is 44.9 Å². The molecule has 0 saturated carbocycles. The number of halogens is 1. The number of anilines is 1. The second-order valence-corrected chi connectivity index (χ2v) is 10.6. The molecule has 0 radical (unpaired) electrons. The number of benzene rings is 1. The number of ether oxygens (including phenoxy) is 2. The lowest BCUT2D eigenvalue weighted by Gasteiger charge is -2.39. The van der Waals surface area contributed by atoms with Crippen molar-refractivity contribution in [3.05, 3.63) is 29.8 Å². The van der Waals surface area contributed by atoms with Crippen LogP contribution in [0, 0.1) is 5.92 Å². The van der Waals surface area contributed by atoms with Crippen LogP contribution in [0.4, 0.5) is 10.5 Å². The van der Waals surface area contributed by atoms with Gasteiger partial charge in [-0.05, 0) is 75.6 Å². The summed E-state index contributed by atoms with van der Waals surface area (Å²) in [6.07, 6.45) is 5.62. The van der Waals surface area contributed by atoms with Gasteiger partial charge in [-0.25, -0.2) is 4.79 Å². The average molecular weight is 537 g/mol. The van der Waals surface area contributed by atoms with Gasteiger partial charge >= 0.3 is 6.03 Å². The first-order valence-electron chi connectivity index (χ1n) is 13.9. The largest absolute Gasteiger partial charge is 0.378 e. The van der Waals surface area contributed by atoms with Crippen LogP contribution in [0.5, 0.6) is 0 Å². The summed E-state index contributed by atoms with van der Waals surface area (Å²) in [5.74, 6) is 0.577. The molecular weight excluding hydrogens is 492 g/mol. The van der Waals surface area contributed by atoms with Crippen molar-refractivity contribution in [3.8, 4) is 0 Å². The van der Waals surface area contributed by atoms with Crippen LogP contribution < -0.4 is 5.32 Å². The standard InChI is InChI=1S/C28H44N4O4.ClH/c1-3-11-32(21-23-9-12-30(13-10-23)28(34)31-14-17-35-18-15-31)22(2)19-24-6-4-7-25(20-24)29-27(33)26-8-5-16-36-26;/h4,6-7,20,22-23,26H,3,5,8-19,21H2,1-2H3,(H,29,33);1H. The SMILES string of the molecule is CCCN(CC1CCN(C(=O)N2CCOCC2)CC1)C(C)Cc1cccc(NC(=O)C2CCCO2)c1.Cl. The first-order valence-corrected chi connectivity index (χ1v) is 13.9. The first kappa shape index (κ1) is 29.7. The minimum Gasteiger partial charge on any atom is -0.378 e. The van der Waals surface area contributed by atoms with E-state index >= 15 is 0 Å². The van der Waals surface area contributed by atoms with Crippen LogP contribution in [-0.2, 0) is 20.7 Å². The fraction of sp³-hybridized carbons (Fsp3) is 0.714. The molecule has 0 bridgehead atoms. The lowest BCUT2D eigenvalue weighted by Crippen LogP contribution is -2.51. The third-order valence-corrected chi connectivity index (χ3v) is 7.74. The zero-order valence-corrected chi connectivity index (χ0v) is 23.3. The Bertz CT molecular complexity index is 852. The average Bonchev–Trinajstić information content (AvgIpc) is 3.45. The lowest BCUT2D eigenvalue weighted by atomic mass is 9.95. The van der Waals surface area contributed by atoms with Gasteiger partial charge in [0, 0.05) is 51.1 Å². The molecule has 8 nitrogen and oxygen atoms in total. The number of nitrogens with one attached hydrogen (secondary N) is 1. The van der Waals surface area contributed by atoms with Crippen molar-refractivity contribution in [3.63, 3.8) is 0 Å². The van der Waals surface area contributed by atoms with E-state index in [1.54, 1.807) is 0 Å². The molecule has 3 saturated heterocycles. The number of hydrogen-bond acceptors (Lipinski definition) is 5. The third kappa shape index (κ3) is 8.57. The molecule has 4 rings (SSSR count). The Morgan fingerprint density at radius 2 is 1.81 bits per heavy atom. The van der Waals surface area contributed by atoms with Crippen molar-refractivity contribution >= 4 is 30.0 Å². The molecule has 0 aliphatic carbocycles. The number of nitrogens with zero attached hydrogens (tertiary/aromatic N) is 3. The van der Waals surface area contributed by atoms with E-state index in [9.17, 15) is 9.59 Å². The fourth-order valence-electron chi connectivity index (χ4n) is 5.63. The minimum absolute atomic E-state index is 0. The minimum atomic E-state index is -0.316. The van der Waals surface area contributed by atoms with Crippen LogP contribution in [0.1, 0.15) is 51.5 Å². The third-order valence-electron chi connectivity index (χ3n) is 7.74. The van der Waals surface area contributed by atoms with Crippen molar-refractivity contribution in [2.45, 2.75) is 64.5 Å². The number of morpholine rings is 1. The highest BCUT2D eigenvalue weighted by molar-refractivity contribution is 5.94. The lowest BCUT2D eigenvalue weighted by molar-refractivity contribution is -0.124. The Hall–Kier alpha value is -1.87. The molecule has 2 atom stereocenters. The molecule has 37 heavy (non-hydrogen) atoms. The van der Waals surface area contributed by atoms with E-state index in [1.807, 2.05) is 21.9 Å². The highest BCUT2D eigenvalue weighted by atomic mass is 35.5.